The van der Waals surface area contributed by atoms with E-state index < -0.39 is 0 Å². The highest BCUT2D eigenvalue weighted by atomic mass is 32.1. The van der Waals surface area contributed by atoms with E-state index in [1.54, 1.807) is 0 Å². The summed E-state index contributed by atoms with van der Waals surface area (Å²) < 4.78 is 3.90. The molecule has 1 aliphatic heterocycles. The summed E-state index contributed by atoms with van der Waals surface area (Å²) in [6, 6.07) is 10.8. The standard InChI is InChI=1S/C16H22N4S/c1-16(13-17-10-15-12-21-19-18-15)8-5-9-20(16)11-14-6-3-2-4-7-14/h2-4,6-7,12,17H,5,8-11,13H2,1H3/t16-/m1/s1. The molecule has 5 heteroatoms. The van der Waals surface area contributed by atoms with E-state index in [0.29, 0.717) is 0 Å². The molecule has 0 saturated carbocycles. The molecule has 112 valence electrons. The summed E-state index contributed by atoms with van der Waals surface area (Å²) >= 11 is 1.41. The van der Waals surface area contributed by atoms with Crippen LogP contribution < -0.4 is 5.32 Å². The lowest BCUT2D eigenvalue weighted by Gasteiger charge is -2.35. The van der Waals surface area contributed by atoms with Crippen LogP contribution in [0.5, 0.6) is 0 Å². The quantitative estimate of drug-likeness (QED) is 0.891. The van der Waals surface area contributed by atoms with Crippen molar-refractivity contribution >= 4 is 11.5 Å². The Morgan fingerprint density at radius 3 is 2.95 bits per heavy atom. The van der Waals surface area contributed by atoms with E-state index in [9.17, 15) is 0 Å². The molecular formula is C16H22N4S. The highest BCUT2D eigenvalue weighted by Gasteiger charge is 2.35. The fraction of sp³-hybridized carbons (Fsp3) is 0.500. The van der Waals surface area contributed by atoms with Gasteiger partial charge in [-0.1, -0.05) is 34.8 Å². The summed E-state index contributed by atoms with van der Waals surface area (Å²) in [6.07, 6.45) is 2.53. The van der Waals surface area contributed by atoms with E-state index >= 15 is 0 Å². The van der Waals surface area contributed by atoms with Gasteiger partial charge in [0.25, 0.3) is 0 Å². The zero-order valence-corrected chi connectivity index (χ0v) is 13.3. The molecule has 0 radical (unpaired) electrons. The van der Waals surface area contributed by atoms with Crippen molar-refractivity contribution in [2.45, 2.75) is 38.4 Å². The van der Waals surface area contributed by atoms with Gasteiger partial charge in [0, 0.05) is 30.6 Å². The molecule has 1 fully saturated rings. The highest BCUT2D eigenvalue weighted by molar-refractivity contribution is 7.03. The number of aromatic nitrogens is 2. The van der Waals surface area contributed by atoms with E-state index in [-0.39, 0.29) is 5.54 Å². The molecule has 0 aliphatic carbocycles. The van der Waals surface area contributed by atoms with E-state index in [4.69, 9.17) is 0 Å². The van der Waals surface area contributed by atoms with Gasteiger partial charge in [-0.2, -0.15) is 0 Å². The maximum atomic E-state index is 4.08. The van der Waals surface area contributed by atoms with Gasteiger partial charge in [0.05, 0.1) is 5.69 Å². The predicted octanol–water partition coefficient (Wildman–Crippen LogP) is 2.68. The first-order valence-corrected chi connectivity index (χ1v) is 8.36. The molecule has 1 N–H and O–H groups in total. The van der Waals surface area contributed by atoms with Crippen LogP contribution in [0.4, 0.5) is 0 Å². The van der Waals surface area contributed by atoms with E-state index in [0.717, 1.165) is 25.3 Å². The molecule has 2 heterocycles. The fourth-order valence-electron chi connectivity index (χ4n) is 3.07. The van der Waals surface area contributed by atoms with Crippen molar-refractivity contribution in [3.05, 3.63) is 47.0 Å². The minimum Gasteiger partial charge on any atom is -0.309 e. The van der Waals surface area contributed by atoms with Crippen molar-refractivity contribution in [2.75, 3.05) is 13.1 Å². The number of nitrogens with zero attached hydrogens (tertiary/aromatic N) is 3. The fourth-order valence-corrected chi connectivity index (χ4v) is 3.52. The first kappa shape index (κ1) is 14.6. The minimum absolute atomic E-state index is 0.235. The molecular weight excluding hydrogens is 280 g/mol. The summed E-state index contributed by atoms with van der Waals surface area (Å²) in [5.74, 6) is 0. The van der Waals surface area contributed by atoms with Gasteiger partial charge in [0.2, 0.25) is 0 Å². The third-order valence-corrected chi connectivity index (χ3v) is 4.89. The largest absolute Gasteiger partial charge is 0.309 e. The Morgan fingerprint density at radius 2 is 2.19 bits per heavy atom. The van der Waals surface area contributed by atoms with Gasteiger partial charge in [0.15, 0.2) is 0 Å². The zero-order chi connectivity index (χ0) is 14.5. The molecule has 1 aromatic carbocycles. The van der Waals surface area contributed by atoms with Gasteiger partial charge in [-0.05, 0) is 43.4 Å². The molecule has 0 amide bonds. The van der Waals surface area contributed by atoms with Crippen LogP contribution in [-0.4, -0.2) is 33.1 Å². The van der Waals surface area contributed by atoms with Crippen LogP contribution in [0.1, 0.15) is 31.0 Å². The number of likely N-dealkylation sites (tertiary alicyclic amines) is 1. The summed E-state index contributed by atoms with van der Waals surface area (Å²) in [6.45, 7) is 6.40. The van der Waals surface area contributed by atoms with Crippen molar-refractivity contribution in [2.24, 2.45) is 0 Å². The first-order chi connectivity index (χ1) is 10.3. The van der Waals surface area contributed by atoms with Crippen LogP contribution in [0.3, 0.4) is 0 Å². The molecule has 1 aromatic heterocycles. The second-order valence-electron chi connectivity index (χ2n) is 6.01. The van der Waals surface area contributed by atoms with Crippen LogP contribution >= 0.6 is 11.5 Å². The SMILES string of the molecule is C[C@]1(CNCc2csnn2)CCCN1Cc1ccccc1. The molecule has 0 unspecified atom stereocenters. The first-order valence-electron chi connectivity index (χ1n) is 7.52. The second kappa shape index (κ2) is 6.64. The number of rotatable bonds is 6. The van der Waals surface area contributed by atoms with Crippen molar-refractivity contribution in [1.82, 2.24) is 19.8 Å². The Morgan fingerprint density at radius 1 is 1.33 bits per heavy atom. The molecule has 3 rings (SSSR count). The number of hydrogen-bond acceptors (Lipinski definition) is 5. The third kappa shape index (κ3) is 3.67. The Kier molecular flexibility index (Phi) is 4.63. The van der Waals surface area contributed by atoms with Gasteiger partial charge in [-0.15, -0.1) is 5.10 Å². The Hall–Kier alpha value is -1.30. The average molecular weight is 302 g/mol. The van der Waals surface area contributed by atoms with Crippen molar-refractivity contribution < 1.29 is 0 Å². The van der Waals surface area contributed by atoms with E-state index in [1.165, 1.54) is 36.5 Å². The van der Waals surface area contributed by atoms with Crippen LogP contribution in [0, 0.1) is 0 Å². The smallest absolute Gasteiger partial charge is 0.0893 e. The van der Waals surface area contributed by atoms with Crippen LogP contribution in [0.2, 0.25) is 0 Å². The van der Waals surface area contributed by atoms with Gasteiger partial charge >= 0.3 is 0 Å². The molecule has 0 bridgehead atoms. The van der Waals surface area contributed by atoms with Crippen molar-refractivity contribution in [3.63, 3.8) is 0 Å². The van der Waals surface area contributed by atoms with Crippen LogP contribution in [0.15, 0.2) is 35.7 Å². The van der Waals surface area contributed by atoms with Crippen molar-refractivity contribution in [3.8, 4) is 0 Å². The average Bonchev–Trinajstić information content (AvgIpc) is 3.12. The Labute approximate surface area is 130 Å². The molecule has 0 spiro atoms. The van der Waals surface area contributed by atoms with Gasteiger partial charge < -0.3 is 5.32 Å². The molecule has 4 nitrogen and oxygen atoms in total. The lowest BCUT2D eigenvalue weighted by atomic mass is 9.98. The summed E-state index contributed by atoms with van der Waals surface area (Å²) in [7, 11) is 0. The Balaban J connectivity index is 1.56. The topological polar surface area (TPSA) is 41.1 Å². The van der Waals surface area contributed by atoms with Gasteiger partial charge in [-0.3, -0.25) is 4.90 Å². The monoisotopic (exact) mass is 302 g/mol. The number of hydrogen-bond donors (Lipinski definition) is 1. The van der Waals surface area contributed by atoms with Crippen LogP contribution in [-0.2, 0) is 13.1 Å². The summed E-state index contributed by atoms with van der Waals surface area (Å²) in [5.41, 5.74) is 2.67. The van der Waals surface area contributed by atoms with E-state index in [2.05, 4.69) is 57.1 Å². The zero-order valence-electron chi connectivity index (χ0n) is 12.5. The lowest BCUT2D eigenvalue weighted by Crippen LogP contribution is -2.48. The molecule has 1 atom stereocenters. The normalized spacial score (nSPS) is 22.7. The maximum absolute atomic E-state index is 4.08. The van der Waals surface area contributed by atoms with Crippen LogP contribution in [0.25, 0.3) is 0 Å². The Bertz CT molecular complexity index is 543. The molecule has 2 aromatic rings. The third-order valence-electron chi connectivity index (χ3n) is 4.34. The summed E-state index contributed by atoms with van der Waals surface area (Å²) in [5, 5.41) is 9.64. The number of benzene rings is 1. The predicted molar refractivity (Wildman–Crippen MR) is 86.1 cm³/mol. The molecule has 1 saturated heterocycles. The minimum atomic E-state index is 0.235. The maximum Gasteiger partial charge on any atom is 0.0893 e. The number of nitrogens with one attached hydrogen (secondary N) is 1. The van der Waals surface area contributed by atoms with Gasteiger partial charge in [-0.25, -0.2) is 0 Å². The van der Waals surface area contributed by atoms with Gasteiger partial charge in [0.1, 0.15) is 0 Å². The second-order valence-corrected chi connectivity index (χ2v) is 6.62. The highest BCUT2D eigenvalue weighted by Crippen LogP contribution is 2.30. The summed E-state index contributed by atoms with van der Waals surface area (Å²) in [4.78, 5) is 2.61. The van der Waals surface area contributed by atoms with Crippen molar-refractivity contribution in [1.29, 1.82) is 0 Å². The molecule has 1 aliphatic rings. The van der Waals surface area contributed by atoms with E-state index in [1.807, 2.05) is 5.38 Å². The molecule has 21 heavy (non-hydrogen) atoms. The lowest BCUT2D eigenvalue weighted by molar-refractivity contribution is 0.144.